The smallest absolute Gasteiger partial charge is 0.233 e. The van der Waals surface area contributed by atoms with E-state index in [2.05, 4.69) is 5.32 Å². The minimum atomic E-state index is -0.193. The van der Waals surface area contributed by atoms with Crippen molar-refractivity contribution in [3.8, 4) is 0 Å². The lowest BCUT2D eigenvalue weighted by Gasteiger charge is -2.15. The molecule has 132 valence electrons. The first-order valence-corrected chi connectivity index (χ1v) is 8.85. The van der Waals surface area contributed by atoms with Crippen LogP contribution in [0.25, 0.3) is 0 Å². The molecule has 2 atom stereocenters. The number of fused-ring (bicyclic) bond motifs is 1. The Labute approximate surface area is 148 Å². The molecule has 5 nitrogen and oxygen atoms in total. The van der Waals surface area contributed by atoms with Gasteiger partial charge in [0.2, 0.25) is 17.7 Å². The number of carbonyl (C=O) groups is 3. The largest absolute Gasteiger partial charge is 0.326 e. The Morgan fingerprint density at radius 3 is 2.40 bits per heavy atom. The molecule has 0 bridgehead atoms. The van der Waals surface area contributed by atoms with E-state index in [0.717, 1.165) is 16.8 Å². The van der Waals surface area contributed by atoms with E-state index < -0.39 is 0 Å². The summed E-state index contributed by atoms with van der Waals surface area (Å²) in [4.78, 5) is 38.2. The number of carbonyl (C=O) groups excluding carboxylic acids is 3. The molecule has 2 aliphatic rings. The Hall–Kier alpha value is -2.43. The molecule has 1 aliphatic heterocycles. The number of hydrogen-bond donors (Lipinski definition) is 1. The normalized spacial score (nSPS) is 22.2. The van der Waals surface area contributed by atoms with Gasteiger partial charge in [0.15, 0.2) is 0 Å². The monoisotopic (exact) mass is 340 g/mol. The first kappa shape index (κ1) is 17.4. The number of likely N-dealkylation sites (tertiary alicyclic amines) is 1. The topological polar surface area (TPSA) is 66.5 Å². The summed E-state index contributed by atoms with van der Waals surface area (Å²) in [5, 5.41) is 2.91. The van der Waals surface area contributed by atoms with Gasteiger partial charge in [0.05, 0.1) is 11.8 Å². The van der Waals surface area contributed by atoms with Gasteiger partial charge in [0, 0.05) is 18.7 Å². The first-order chi connectivity index (χ1) is 12.0. The number of anilines is 1. The lowest BCUT2D eigenvalue weighted by atomic mass is 9.85. The zero-order valence-electron chi connectivity index (χ0n) is 14.7. The number of amides is 3. The highest BCUT2D eigenvalue weighted by Gasteiger charge is 2.46. The standard InChI is InChI=1S/C20H24N2O3/c1-13-7-5-10-17(14(13)2)21-18(23)11-6-12-22-19(24)15-8-3-4-9-16(15)20(22)25/h3-5,7,10,15-16H,6,8-9,11-12H2,1-2H3,(H,21,23)/t15-,16+. The van der Waals surface area contributed by atoms with Crippen molar-refractivity contribution in [2.75, 3.05) is 11.9 Å². The van der Waals surface area contributed by atoms with E-state index in [1.165, 1.54) is 4.90 Å². The summed E-state index contributed by atoms with van der Waals surface area (Å²) >= 11 is 0. The Balaban J connectivity index is 1.51. The number of rotatable bonds is 5. The lowest BCUT2D eigenvalue weighted by molar-refractivity contribution is -0.140. The van der Waals surface area contributed by atoms with Gasteiger partial charge < -0.3 is 5.32 Å². The number of benzene rings is 1. The van der Waals surface area contributed by atoms with E-state index >= 15 is 0 Å². The third kappa shape index (κ3) is 3.50. The number of nitrogens with zero attached hydrogens (tertiary/aromatic N) is 1. The van der Waals surface area contributed by atoms with Crippen molar-refractivity contribution in [1.29, 1.82) is 0 Å². The van der Waals surface area contributed by atoms with Crippen molar-refractivity contribution < 1.29 is 14.4 Å². The Kier molecular flexibility index (Phi) is 5.02. The van der Waals surface area contributed by atoms with Crippen LogP contribution in [0.2, 0.25) is 0 Å². The molecule has 1 saturated heterocycles. The average Bonchev–Trinajstić information content (AvgIpc) is 2.84. The maximum absolute atomic E-state index is 12.4. The Bertz CT molecular complexity index is 712. The predicted molar refractivity (Wildman–Crippen MR) is 95.9 cm³/mol. The molecule has 1 aromatic carbocycles. The van der Waals surface area contributed by atoms with E-state index in [1.54, 1.807) is 0 Å². The summed E-state index contributed by atoms with van der Waals surface area (Å²) < 4.78 is 0. The van der Waals surface area contributed by atoms with Crippen LogP contribution < -0.4 is 5.32 Å². The van der Waals surface area contributed by atoms with Gasteiger partial charge in [-0.2, -0.15) is 0 Å². The van der Waals surface area contributed by atoms with Crippen LogP contribution in [0.4, 0.5) is 5.69 Å². The van der Waals surface area contributed by atoms with E-state index in [-0.39, 0.29) is 36.0 Å². The van der Waals surface area contributed by atoms with Crippen LogP contribution >= 0.6 is 0 Å². The highest BCUT2D eigenvalue weighted by molar-refractivity contribution is 6.05. The molecule has 0 radical (unpaired) electrons. The van der Waals surface area contributed by atoms with Crippen molar-refractivity contribution in [3.63, 3.8) is 0 Å². The van der Waals surface area contributed by atoms with Gasteiger partial charge >= 0.3 is 0 Å². The number of imide groups is 1. The van der Waals surface area contributed by atoms with Crippen LogP contribution in [0.3, 0.4) is 0 Å². The van der Waals surface area contributed by atoms with E-state index in [9.17, 15) is 14.4 Å². The fraction of sp³-hybridized carbons (Fsp3) is 0.450. The van der Waals surface area contributed by atoms with E-state index in [4.69, 9.17) is 0 Å². The van der Waals surface area contributed by atoms with Crippen LogP contribution in [0.1, 0.15) is 36.8 Å². The van der Waals surface area contributed by atoms with Crippen LogP contribution in [-0.4, -0.2) is 29.2 Å². The minimum Gasteiger partial charge on any atom is -0.326 e. The van der Waals surface area contributed by atoms with Crippen LogP contribution in [0, 0.1) is 25.7 Å². The fourth-order valence-corrected chi connectivity index (χ4v) is 3.59. The maximum Gasteiger partial charge on any atom is 0.233 e. The van der Waals surface area contributed by atoms with Crippen molar-refractivity contribution in [1.82, 2.24) is 4.90 Å². The zero-order chi connectivity index (χ0) is 18.0. The number of aryl methyl sites for hydroxylation is 1. The molecule has 3 rings (SSSR count). The molecule has 1 heterocycles. The zero-order valence-corrected chi connectivity index (χ0v) is 14.7. The number of allylic oxidation sites excluding steroid dienone is 2. The highest BCUT2D eigenvalue weighted by Crippen LogP contribution is 2.35. The summed E-state index contributed by atoms with van der Waals surface area (Å²) in [5.74, 6) is -0.627. The summed E-state index contributed by atoms with van der Waals surface area (Å²) in [7, 11) is 0. The molecule has 1 aromatic rings. The van der Waals surface area contributed by atoms with Gasteiger partial charge in [-0.05, 0) is 50.3 Å². The van der Waals surface area contributed by atoms with Gasteiger partial charge in [-0.1, -0.05) is 24.3 Å². The Morgan fingerprint density at radius 2 is 1.76 bits per heavy atom. The molecule has 0 saturated carbocycles. The molecule has 1 aliphatic carbocycles. The van der Waals surface area contributed by atoms with Gasteiger partial charge in [-0.15, -0.1) is 0 Å². The van der Waals surface area contributed by atoms with Crippen LogP contribution in [-0.2, 0) is 14.4 Å². The molecule has 0 spiro atoms. The second kappa shape index (κ2) is 7.21. The SMILES string of the molecule is Cc1cccc(NC(=O)CCCN2C(=O)[C@H]3CC=CC[C@H]3C2=O)c1C. The molecular weight excluding hydrogens is 316 g/mol. The molecule has 1 N–H and O–H groups in total. The molecule has 0 aromatic heterocycles. The third-order valence-corrected chi connectivity index (χ3v) is 5.26. The van der Waals surface area contributed by atoms with Gasteiger partial charge in [0.1, 0.15) is 0 Å². The van der Waals surface area contributed by atoms with E-state index in [1.807, 2.05) is 44.2 Å². The van der Waals surface area contributed by atoms with Gasteiger partial charge in [-0.3, -0.25) is 19.3 Å². The van der Waals surface area contributed by atoms with Crippen LogP contribution in [0.5, 0.6) is 0 Å². The van der Waals surface area contributed by atoms with Gasteiger partial charge in [-0.25, -0.2) is 0 Å². The molecule has 25 heavy (non-hydrogen) atoms. The van der Waals surface area contributed by atoms with Crippen molar-refractivity contribution >= 4 is 23.4 Å². The quantitative estimate of drug-likeness (QED) is 0.662. The second-order valence-electron chi connectivity index (χ2n) is 6.88. The van der Waals surface area contributed by atoms with Gasteiger partial charge in [0.25, 0.3) is 0 Å². The summed E-state index contributed by atoms with van der Waals surface area (Å²) in [6.45, 7) is 4.30. The molecule has 0 unspecified atom stereocenters. The van der Waals surface area contributed by atoms with Crippen molar-refractivity contribution in [3.05, 3.63) is 41.5 Å². The third-order valence-electron chi connectivity index (χ3n) is 5.26. The maximum atomic E-state index is 12.4. The number of nitrogens with one attached hydrogen (secondary N) is 1. The second-order valence-corrected chi connectivity index (χ2v) is 6.88. The van der Waals surface area contributed by atoms with Crippen molar-refractivity contribution in [2.24, 2.45) is 11.8 Å². The summed E-state index contributed by atoms with van der Waals surface area (Å²) in [5.41, 5.74) is 3.00. The molecule has 1 fully saturated rings. The Morgan fingerprint density at radius 1 is 1.12 bits per heavy atom. The fourth-order valence-electron chi connectivity index (χ4n) is 3.59. The summed E-state index contributed by atoms with van der Waals surface area (Å²) in [6.07, 6.45) is 6.04. The number of hydrogen-bond acceptors (Lipinski definition) is 3. The average molecular weight is 340 g/mol. The molecule has 5 heteroatoms. The van der Waals surface area contributed by atoms with E-state index in [0.29, 0.717) is 25.8 Å². The predicted octanol–water partition coefficient (Wildman–Crippen LogP) is 2.97. The molecule has 3 amide bonds. The van der Waals surface area contributed by atoms with Crippen molar-refractivity contribution in [2.45, 2.75) is 39.5 Å². The molecular formula is C20H24N2O3. The van der Waals surface area contributed by atoms with Crippen LogP contribution in [0.15, 0.2) is 30.4 Å². The first-order valence-electron chi connectivity index (χ1n) is 8.85. The summed E-state index contributed by atoms with van der Waals surface area (Å²) in [6, 6.07) is 5.80. The lowest BCUT2D eigenvalue weighted by Crippen LogP contribution is -2.32. The highest BCUT2D eigenvalue weighted by atomic mass is 16.2. The minimum absolute atomic E-state index is 0.0747.